The number of anilines is 1. The van der Waals surface area contributed by atoms with Crippen molar-refractivity contribution in [2.24, 2.45) is 0 Å². The van der Waals surface area contributed by atoms with Crippen LogP contribution in [0.4, 0.5) is 5.69 Å². The molecule has 3 N–H and O–H groups in total. The number of ether oxygens (including phenoxy) is 1. The van der Waals surface area contributed by atoms with Crippen LogP contribution in [0.5, 0.6) is 5.75 Å². The van der Waals surface area contributed by atoms with Crippen molar-refractivity contribution in [3.63, 3.8) is 0 Å². The van der Waals surface area contributed by atoms with Gasteiger partial charge in [-0.2, -0.15) is 0 Å². The molecule has 0 saturated carbocycles. The number of terminal acetylenes is 1. The molecule has 0 bridgehead atoms. The summed E-state index contributed by atoms with van der Waals surface area (Å²) in [5.41, 5.74) is 2.36. The number of amides is 2. The van der Waals surface area contributed by atoms with E-state index in [0.717, 1.165) is 14.7 Å². The largest absolute Gasteiger partial charge is 0.482 e. The van der Waals surface area contributed by atoms with Crippen LogP contribution in [0.2, 0.25) is 0 Å². The van der Waals surface area contributed by atoms with Gasteiger partial charge in [0.1, 0.15) is 5.75 Å². The van der Waals surface area contributed by atoms with Crippen LogP contribution in [0.3, 0.4) is 0 Å². The van der Waals surface area contributed by atoms with Crippen LogP contribution in [-0.4, -0.2) is 28.4 Å². The lowest BCUT2D eigenvalue weighted by Crippen LogP contribution is -2.28. The molecule has 0 saturated heterocycles. The molecule has 1 aliphatic heterocycles. The van der Waals surface area contributed by atoms with E-state index < -0.39 is 5.91 Å². The summed E-state index contributed by atoms with van der Waals surface area (Å²) >= 11 is 2.11. The molecule has 0 unspecified atom stereocenters. The Bertz CT molecular complexity index is 1510. The zero-order chi connectivity index (χ0) is 24.8. The quantitative estimate of drug-likeness (QED) is 0.255. The molecule has 0 atom stereocenters. The third-order valence-electron chi connectivity index (χ3n) is 4.95. The Morgan fingerprint density at radius 3 is 2.66 bits per heavy atom. The van der Waals surface area contributed by atoms with Gasteiger partial charge in [-0.3, -0.25) is 14.4 Å². The highest BCUT2D eigenvalue weighted by molar-refractivity contribution is 14.1. The predicted octanol–water partition coefficient (Wildman–Crippen LogP) is 3.46. The first-order chi connectivity index (χ1) is 16.9. The van der Waals surface area contributed by atoms with E-state index in [2.05, 4.69) is 49.1 Å². The smallest absolute Gasteiger partial charge is 0.287 e. The van der Waals surface area contributed by atoms with E-state index in [-0.39, 0.29) is 30.4 Å². The van der Waals surface area contributed by atoms with E-state index in [1.807, 2.05) is 36.4 Å². The number of benzene rings is 3. The summed E-state index contributed by atoms with van der Waals surface area (Å²) in [6.45, 7) is 0.194. The second kappa shape index (κ2) is 10.8. The fourth-order valence-corrected chi connectivity index (χ4v) is 3.75. The van der Waals surface area contributed by atoms with Gasteiger partial charge >= 0.3 is 0 Å². The topological polar surface area (TPSA) is 113 Å². The molecule has 9 heteroatoms. The number of hydrogen-bond acceptors (Lipinski definition) is 5. The molecule has 5 rings (SSSR count). The summed E-state index contributed by atoms with van der Waals surface area (Å²) in [4.78, 5) is 42.7. The summed E-state index contributed by atoms with van der Waals surface area (Å²) in [5.74, 6) is 2.34. The van der Waals surface area contributed by atoms with Crippen molar-refractivity contribution in [2.75, 3.05) is 11.9 Å². The van der Waals surface area contributed by atoms with Crippen molar-refractivity contribution >= 4 is 51.0 Å². The summed E-state index contributed by atoms with van der Waals surface area (Å²) in [5, 5.41) is 5.86. The molecule has 4 aromatic rings. The Morgan fingerprint density at radius 1 is 1.11 bits per heavy atom. The number of rotatable bonds is 3. The van der Waals surface area contributed by atoms with E-state index in [1.165, 1.54) is 0 Å². The van der Waals surface area contributed by atoms with Crippen LogP contribution in [0.1, 0.15) is 21.7 Å². The molecular formula is C26H19IN4O4. The van der Waals surface area contributed by atoms with E-state index in [9.17, 15) is 14.4 Å². The van der Waals surface area contributed by atoms with Crippen LogP contribution in [0, 0.1) is 15.9 Å². The minimum Gasteiger partial charge on any atom is -0.482 e. The van der Waals surface area contributed by atoms with Crippen LogP contribution in [-0.2, 0) is 11.3 Å². The van der Waals surface area contributed by atoms with Gasteiger partial charge in [-0.15, -0.1) is 6.42 Å². The van der Waals surface area contributed by atoms with Gasteiger partial charge in [-0.1, -0.05) is 30.2 Å². The van der Waals surface area contributed by atoms with Gasteiger partial charge in [0.15, 0.2) is 12.4 Å². The Labute approximate surface area is 214 Å². The number of carbonyl (C=O) groups excluding carboxylic acids is 2. The lowest BCUT2D eigenvalue weighted by Gasteiger charge is -2.18. The molecule has 2 heterocycles. The number of hydrogen-bond donors (Lipinski definition) is 3. The molecule has 0 fully saturated rings. The maximum Gasteiger partial charge on any atom is 0.287 e. The van der Waals surface area contributed by atoms with E-state index in [0.29, 0.717) is 22.3 Å². The van der Waals surface area contributed by atoms with E-state index in [4.69, 9.17) is 11.2 Å². The van der Waals surface area contributed by atoms with Gasteiger partial charge in [-0.05, 0) is 70.6 Å². The highest BCUT2D eigenvalue weighted by Gasteiger charge is 2.16. The lowest BCUT2D eigenvalue weighted by molar-refractivity contribution is -0.118. The summed E-state index contributed by atoms with van der Waals surface area (Å²) in [7, 11) is 0. The average Bonchev–Trinajstić information content (AvgIpc) is 2.88. The van der Waals surface area contributed by atoms with Crippen molar-refractivity contribution in [1.29, 1.82) is 0 Å². The van der Waals surface area contributed by atoms with Crippen LogP contribution < -0.4 is 20.9 Å². The van der Waals surface area contributed by atoms with Crippen molar-refractivity contribution < 1.29 is 14.3 Å². The monoisotopic (exact) mass is 578 g/mol. The molecule has 0 radical (unpaired) electrons. The Hall–Kier alpha value is -4.17. The van der Waals surface area contributed by atoms with Crippen LogP contribution >= 0.6 is 22.6 Å². The summed E-state index contributed by atoms with van der Waals surface area (Å²) in [6, 6.07) is 20.1. The third-order valence-corrected chi connectivity index (χ3v) is 5.62. The summed E-state index contributed by atoms with van der Waals surface area (Å²) in [6.07, 6.45) is 5.10. The molecule has 35 heavy (non-hydrogen) atoms. The number of aromatic amines is 1. The number of H-pyrrole nitrogens is 1. The fourth-order valence-electron chi connectivity index (χ4n) is 3.26. The minimum atomic E-state index is -0.495. The van der Waals surface area contributed by atoms with Gasteiger partial charge < -0.3 is 20.4 Å². The highest BCUT2D eigenvalue weighted by Crippen LogP contribution is 2.28. The standard InChI is InChI=1S/C18H13IN4O4.C8H6/c19-10-2-3-12-11(6-10)17(25)23-16(22-12)18(26)20-7-9-1-4-14-13(5-9)21-15(24)8-27-14;1-2-8-6-4-3-5-7-8/h1-6H,7-8H2,(H,20,26)(H,21,24)(H,22,23,25);1,3-7H. The molecule has 1 aromatic heterocycles. The predicted molar refractivity (Wildman–Crippen MR) is 141 cm³/mol. The number of halogens is 1. The molecule has 2 amide bonds. The number of fused-ring (bicyclic) bond motifs is 2. The Kier molecular flexibility index (Phi) is 7.42. The van der Waals surface area contributed by atoms with Crippen LogP contribution in [0.25, 0.3) is 10.9 Å². The maximum atomic E-state index is 12.4. The van der Waals surface area contributed by atoms with Crippen molar-refractivity contribution in [3.8, 4) is 18.1 Å². The Morgan fingerprint density at radius 2 is 1.91 bits per heavy atom. The van der Waals surface area contributed by atoms with Gasteiger partial charge in [0.25, 0.3) is 17.4 Å². The van der Waals surface area contributed by atoms with Gasteiger partial charge in [0.05, 0.1) is 16.6 Å². The van der Waals surface area contributed by atoms with Crippen molar-refractivity contribution in [2.45, 2.75) is 6.54 Å². The third kappa shape index (κ3) is 6.04. The number of aromatic nitrogens is 2. The first kappa shape index (κ1) is 24.0. The van der Waals surface area contributed by atoms with Gasteiger partial charge in [0, 0.05) is 15.7 Å². The molecule has 8 nitrogen and oxygen atoms in total. The van der Waals surface area contributed by atoms with Crippen molar-refractivity contribution in [3.05, 3.63) is 97.6 Å². The molecule has 0 spiro atoms. The van der Waals surface area contributed by atoms with Crippen LogP contribution in [0.15, 0.2) is 71.5 Å². The SMILES string of the molecule is C#Cc1ccccc1.O=C1COc2ccc(CNC(=O)c3nc4ccc(I)cc4c(=O)[nH]3)cc2N1. The lowest BCUT2D eigenvalue weighted by atomic mass is 10.1. The van der Waals surface area contributed by atoms with Gasteiger partial charge in [0.2, 0.25) is 0 Å². The number of nitrogens with one attached hydrogen (secondary N) is 3. The average molecular weight is 578 g/mol. The first-order valence-electron chi connectivity index (χ1n) is 10.5. The van der Waals surface area contributed by atoms with E-state index >= 15 is 0 Å². The molecule has 174 valence electrons. The normalized spacial score (nSPS) is 11.7. The number of nitrogens with zero attached hydrogens (tertiary/aromatic N) is 1. The van der Waals surface area contributed by atoms with E-state index in [1.54, 1.807) is 30.3 Å². The van der Waals surface area contributed by atoms with Crippen molar-refractivity contribution in [1.82, 2.24) is 15.3 Å². The second-order valence-corrected chi connectivity index (χ2v) is 8.68. The highest BCUT2D eigenvalue weighted by atomic mass is 127. The zero-order valence-electron chi connectivity index (χ0n) is 18.3. The molecule has 3 aromatic carbocycles. The first-order valence-corrected chi connectivity index (χ1v) is 11.6. The zero-order valence-corrected chi connectivity index (χ0v) is 20.5. The number of carbonyl (C=O) groups is 2. The van der Waals surface area contributed by atoms with Gasteiger partial charge in [-0.25, -0.2) is 4.98 Å². The summed E-state index contributed by atoms with van der Waals surface area (Å²) < 4.78 is 6.21. The second-order valence-electron chi connectivity index (χ2n) is 7.44. The maximum absolute atomic E-state index is 12.4. The molecular weight excluding hydrogens is 559 g/mol. The molecule has 1 aliphatic rings. The Balaban J connectivity index is 0.000000308. The fraction of sp³-hybridized carbons (Fsp3) is 0.0769. The minimum absolute atomic E-state index is 0.0108. The molecule has 0 aliphatic carbocycles.